The Kier molecular flexibility index (Phi) is 3.93. The average Bonchev–Trinajstić information content (AvgIpc) is 2.70. The Balaban J connectivity index is 2.40. The summed E-state index contributed by atoms with van der Waals surface area (Å²) in [5.41, 5.74) is 1.89. The van der Waals surface area contributed by atoms with Gasteiger partial charge in [0.25, 0.3) is 0 Å². The topological polar surface area (TPSA) is 30.2 Å². The molecule has 0 spiro atoms. The number of rotatable bonds is 3. The van der Waals surface area contributed by atoms with Crippen LogP contribution in [0.15, 0.2) is 33.2 Å². The molecule has 94 valence electrons. The number of ketones is 1. The minimum absolute atomic E-state index is 0.0805. The van der Waals surface area contributed by atoms with Gasteiger partial charge in [0.1, 0.15) is 17.3 Å². The quantitative estimate of drug-likeness (QED) is 0.810. The van der Waals surface area contributed by atoms with Gasteiger partial charge in [0.15, 0.2) is 0 Å². The second kappa shape index (κ2) is 5.29. The summed E-state index contributed by atoms with van der Waals surface area (Å²) in [6, 6.07) is 7.48. The summed E-state index contributed by atoms with van der Waals surface area (Å²) < 4.78 is 6.57. The van der Waals surface area contributed by atoms with Crippen LogP contribution in [-0.4, -0.2) is 5.78 Å². The number of hydrogen-bond donors (Lipinski definition) is 0. The summed E-state index contributed by atoms with van der Waals surface area (Å²) in [6.45, 7) is 3.49. The molecular formula is C14H12BrClO2. The van der Waals surface area contributed by atoms with Crippen LogP contribution >= 0.6 is 27.5 Å². The fraction of sp³-hybridized carbons (Fsp3) is 0.214. The van der Waals surface area contributed by atoms with Crippen molar-refractivity contribution in [1.29, 1.82) is 0 Å². The van der Waals surface area contributed by atoms with Gasteiger partial charge >= 0.3 is 0 Å². The van der Waals surface area contributed by atoms with Gasteiger partial charge in [0.2, 0.25) is 0 Å². The van der Waals surface area contributed by atoms with E-state index in [1.807, 2.05) is 31.2 Å². The van der Waals surface area contributed by atoms with E-state index in [9.17, 15) is 4.79 Å². The molecule has 2 aromatic rings. The van der Waals surface area contributed by atoms with Gasteiger partial charge in [-0.1, -0.05) is 27.5 Å². The van der Waals surface area contributed by atoms with Gasteiger partial charge in [-0.05, 0) is 43.7 Å². The van der Waals surface area contributed by atoms with Gasteiger partial charge in [-0.25, -0.2) is 0 Å². The number of carbonyl (C=O) groups is 1. The highest BCUT2D eigenvalue weighted by atomic mass is 79.9. The monoisotopic (exact) mass is 326 g/mol. The van der Waals surface area contributed by atoms with Crippen molar-refractivity contribution in [1.82, 2.24) is 0 Å². The smallest absolute Gasteiger partial charge is 0.137 e. The summed E-state index contributed by atoms with van der Waals surface area (Å²) in [7, 11) is 0. The zero-order chi connectivity index (χ0) is 13.3. The van der Waals surface area contributed by atoms with E-state index in [-0.39, 0.29) is 5.78 Å². The Hall–Kier alpha value is -1.06. The number of aryl methyl sites for hydroxylation is 1. The molecule has 0 radical (unpaired) electrons. The number of furan rings is 1. The number of hydrogen-bond acceptors (Lipinski definition) is 2. The zero-order valence-electron chi connectivity index (χ0n) is 10.1. The lowest BCUT2D eigenvalue weighted by Crippen LogP contribution is -1.93. The van der Waals surface area contributed by atoms with Crippen molar-refractivity contribution in [3.05, 3.63) is 45.1 Å². The Bertz CT molecular complexity index is 602. The molecule has 0 aliphatic carbocycles. The highest BCUT2D eigenvalue weighted by molar-refractivity contribution is 9.10. The van der Waals surface area contributed by atoms with Crippen LogP contribution in [0.4, 0.5) is 0 Å². The fourth-order valence-corrected chi connectivity index (χ4v) is 2.52. The van der Waals surface area contributed by atoms with Crippen LogP contribution in [0.3, 0.4) is 0 Å². The summed E-state index contributed by atoms with van der Waals surface area (Å²) in [5, 5.41) is 0.692. The fourth-order valence-electron chi connectivity index (χ4n) is 1.70. The lowest BCUT2D eigenvalue weighted by molar-refractivity contribution is -0.116. The van der Waals surface area contributed by atoms with Gasteiger partial charge < -0.3 is 4.42 Å². The first-order valence-electron chi connectivity index (χ1n) is 5.51. The first-order valence-corrected chi connectivity index (χ1v) is 6.68. The van der Waals surface area contributed by atoms with Crippen molar-refractivity contribution in [3.8, 4) is 11.3 Å². The van der Waals surface area contributed by atoms with Crippen molar-refractivity contribution in [3.63, 3.8) is 0 Å². The van der Waals surface area contributed by atoms with Crippen LogP contribution in [0.25, 0.3) is 11.3 Å². The van der Waals surface area contributed by atoms with Crippen molar-refractivity contribution in [2.24, 2.45) is 0 Å². The molecular weight excluding hydrogens is 316 g/mol. The van der Waals surface area contributed by atoms with Crippen LogP contribution in [0.5, 0.6) is 0 Å². The largest absolute Gasteiger partial charge is 0.461 e. The van der Waals surface area contributed by atoms with Crippen molar-refractivity contribution >= 4 is 33.3 Å². The zero-order valence-corrected chi connectivity index (χ0v) is 12.4. The highest BCUT2D eigenvalue weighted by Gasteiger charge is 2.11. The number of carbonyl (C=O) groups excluding carboxylic acids is 1. The van der Waals surface area contributed by atoms with E-state index >= 15 is 0 Å². The van der Waals surface area contributed by atoms with E-state index in [0.29, 0.717) is 23.0 Å². The van der Waals surface area contributed by atoms with Gasteiger partial charge in [0.05, 0.1) is 6.42 Å². The Morgan fingerprint density at radius 3 is 2.78 bits per heavy atom. The third-order valence-corrected chi connectivity index (χ3v) is 3.66. The normalized spacial score (nSPS) is 10.7. The molecule has 2 rings (SSSR count). The Morgan fingerprint density at radius 1 is 1.39 bits per heavy atom. The van der Waals surface area contributed by atoms with Crippen molar-refractivity contribution in [2.45, 2.75) is 20.3 Å². The van der Waals surface area contributed by atoms with Crippen LogP contribution in [-0.2, 0) is 11.2 Å². The van der Waals surface area contributed by atoms with Crippen LogP contribution in [0, 0.1) is 6.92 Å². The summed E-state index contributed by atoms with van der Waals surface area (Å²) >= 11 is 9.60. The van der Waals surface area contributed by atoms with E-state index in [1.165, 1.54) is 0 Å². The molecule has 18 heavy (non-hydrogen) atoms. The standard InChI is InChI=1S/C14H12BrClO2/c1-8-5-12(15)11(7-13(8)16)14-4-3-10(18-14)6-9(2)17/h3-5,7H,6H2,1-2H3. The maximum absolute atomic E-state index is 11.0. The molecule has 0 bridgehead atoms. The maximum atomic E-state index is 11.0. The third-order valence-electron chi connectivity index (χ3n) is 2.60. The second-order valence-corrected chi connectivity index (χ2v) is 5.49. The van der Waals surface area contributed by atoms with Crippen molar-refractivity contribution < 1.29 is 9.21 Å². The molecule has 2 nitrogen and oxygen atoms in total. The molecule has 0 unspecified atom stereocenters. The van der Waals surface area contributed by atoms with E-state index in [0.717, 1.165) is 15.6 Å². The summed E-state index contributed by atoms with van der Waals surface area (Å²) in [4.78, 5) is 11.0. The van der Waals surface area contributed by atoms with E-state index in [2.05, 4.69) is 15.9 Å². The average molecular weight is 328 g/mol. The van der Waals surface area contributed by atoms with Gasteiger partial charge in [-0.15, -0.1) is 0 Å². The maximum Gasteiger partial charge on any atom is 0.137 e. The molecule has 0 aliphatic heterocycles. The first kappa shape index (κ1) is 13.4. The Morgan fingerprint density at radius 2 is 2.11 bits per heavy atom. The van der Waals surface area contributed by atoms with E-state index < -0.39 is 0 Å². The van der Waals surface area contributed by atoms with Crippen LogP contribution in [0.1, 0.15) is 18.2 Å². The van der Waals surface area contributed by atoms with Gasteiger partial charge in [-0.2, -0.15) is 0 Å². The lowest BCUT2D eigenvalue weighted by Gasteiger charge is -2.05. The molecule has 1 aromatic carbocycles. The molecule has 1 heterocycles. The van der Waals surface area contributed by atoms with E-state index in [1.54, 1.807) is 6.92 Å². The predicted molar refractivity (Wildman–Crippen MR) is 76.0 cm³/mol. The Labute approximate surface area is 119 Å². The molecule has 0 fully saturated rings. The SMILES string of the molecule is CC(=O)Cc1ccc(-c2cc(Cl)c(C)cc2Br)o1. The van der Waals surface area contributed by atoms with Gasteiger partial charge in [-0.3, -0.25) is 4.79 Å². The second-order valence-electron chi connectivity index (χ2n) is 4.23. The molecule has 0 saturated carbocycles. The first-order chi connectivity index (χ1) is 8.47. The number of benzene rings is 1. The van der Waals surface area contributed by atoms with Crippen LogP contribution in [0.2, 0.25) is 5.02 Å². The minimum Gasteiger partial charge on any atom is -0.461 e. The third kappa shape index (κ3) is 2.85. The molecule has 0 amide bonds. The predicted octanol–water partition coefficient (Wildman–Crippen LogP) is 4.80. The molecule has 0 atom stereocenters. The highest BCUT2D eigenvalue weighted by Crippen LogP contribution is 2.34. The minimum atomic E-state index is 0.0805. The number of Topliss-reactive ketones (excluding diaryl/α,β-unsaturated/α-hetero) is 1. The molecule has 0 saturated heterocycles. The van der Waals surface area contributed by atoms with Crippen molar-refractivity contribution in [2.75, 3.05) is 0 Å². The lowest BCUT2D eigenvalue weighted by atomic mass is 10.1. The van der Waals surface area contributed by atoms with E-state index in [4.69, 9.17) is 16.0 Å². The molecule has 1 aromatic heterocycles. The van der Waals surface area contributed by atoms with Crippen LogP contribution < -0.4 is 0 Å². The number of halogens is 2. The molecule has 4 heteroatoms. The molecule has 0 aliphatic rings. The molecule has 0 N–H and O–H groups in total. The summed E-state index contributed by atoms with van der Waals surface area (Å²) in [6.07, 6.45) is 0.317. The summed E-state index contributed by atoms with van der Waals surface area (Å²) in [5.74, 6) is 1.46. The van der Waals surface area contributed by atoms with Gasteiger partial charge in [0, 0.05) is 15.1 Å².